The fourth-order valence-corrected chi connectivity index (χ4v) is 4.35. The van der Waals surface area contributed by atoms with Crippen molar-refractivity contribution in [2.75, 3.05) is 5.32 Å². The van der Waals surface area contributed by atoms with Crippen LogP contribution in [0.4, 0.5) is 18.9 Å². The third kappa shape index (κ3) is 4.60. The van der Waals surface area contributed by atoms with E-state index in [2.05, 4.69) is 15.3 Å². The summed E-state index contributed by atoms with van der Waals surface area (Å²) in [5.41, 5.74) is 5.86. The summed E-state index contributed by atoms with van der Waals surface area (Å²) in [6, 6.07) is 6.59. The molecule has 4 atom stereocenters. The Hall–Kier alpha value is -3.30. The average Bonchev–Trinajstić information content (AvgIpc) is 2.78. The number of hydrogen-bond acceptors (Lipinski definition) is 5. The second-order valence-corrected chi connectivity index (χ2v) is 8.34. The third-order valence-corrected chi connectivity index (χ3v) is 6.06. The highest BCUT2D eigenvalue weighted by Gasteiger charge is 2.34. The lowest BCUT2D eigenvalue weighted by Gasteiger charge is -2.36. The van der Waals surface area contributed by atoms with E-state index in [0.29, 0.717) is 18.5 Å². The summed E-state index contributed by atoms with van der Waals surface area (Å²) in [4.78, 5) is 20.9. The Morgan fingerprint density at radius 2 is 1.82 bits per heavy atom. The molecule has 3 aromatic rings. The van der Waals surface area contributed by atoms with Gasteiger partial charge in [0, 0.05) is 12.2 Å². The highest BCUT2D eigenvalue weighted by molar-refractivity contribution is 6.03. The lowest BCUT2D eigenvalue weighted by atomic mass is 9.74. The van der Waals surface area contributed by atoms with Gasteiger partial charge >= 0.3 is 0 Å². The fourth-order valence-electron chi connectivity index (χ4n) is 4.35. The molecule has 4 N–H and O–H groups in total. The maximum Gasteiger partial charge on any atom is 0.274 e. The van der Waals surface area contributed by atoms with E-state index >= 15 is 0 Å². The van der Waals surface area contributed by atoms with Crippen molar-refractivity contribution in [3.8, 4) is 11.3 Å². The minimum atomic E-state index is -0.988. The van der Waals surface area contributed by atoms with E-state index in [1.165, 1.54) is 6.20 Å². The van der Waals surface area contributed by atoms with Crippen molar-refractivity contribution in [1.82, 2.24) is 9.97 Å². The van der Waals surface area contributed by atoms with Crippen molar-refractivity contribution in [3.05, 3.63) is 77.5 Å². The van der Waals surface area contributed by atoms with Crippen LogP contribution in [0.5, 0.6) is 0 Å². The summed E-state index contributed by atoms with van der Waals surface area (Å²) < 4.78 is 42.7. The van der Waals surface area contributed by atoms with Gasteiger partial charge in [-0.15, -0.1) is 0 Å². The molecule has 0 radical (unpaired) electrons. The Kier molecular flexibility index (Phi) is 6.44. The van der Waals surface area contributed by atoms with Gasteiger partial charge in [-0.2, -0.15) is 0 Å². The Labute approximate surface area is 188 Å². The van der Waals surface area contributed by atoms with Gasteiger partial charge in [0.25, 0.3) is 5.91 Å². The molecule has 4 rings (SSSR count). The van der Waals surface area contributed by atoms with Crippen molar-refractivity contribution in [2.45, 2.75) is 37.8 Å². The molecule has 6 nitrogen and oxygen atoms in total. The Morgan fingerprint density at radius 1 is 1.09 bits per heavy atom. The number of anilines is 1. The van der Waals surface area contributed by atoms with Gasteiger partial charge in [-0.3, -0.25) is 9.78 Å². The number of nitrogens with two attached hydrogens (primary N) is 1. The number of rotatable bonds is 4. The van der Waals surface area contributed by atoms with Gasteiger partial charge in [0.2, 0.25) is 0 Å². The summed E-state index contributed by atoms with van der Waals surface area (Å²) >= 11 is 0. The molecular formula is C24H23F3N4O2. The molecule has 1 aliphatic carbocycles. The molecule has 1 unspecified atom stereocenters. The first-order chi connectivity index (χ1) is 15.8. The number of aliphatic hydroxyl groups is 1. The van der Waals surface area contributed by atoms with Gasteiger partial charge in [0.15, 0.2) is 0 Å². The van der Waals surface area contributed by atoms with Gasteiger partial charge in [-0.05, 0) is 60.6 Å². The number of nitrogens with one attached hydrogen (secondary N) is 1. The zero-order chi connectivity index (χ0) is 23.7. The summed E-state index contributed by atoms with van der Waals surface area (Å²) in [6.07, 6.45) is 3.69. The van der Waals surface area contributed by atoms with Gasteiger partial charge in [0.1, 0.15) is 28.8 Å². The standard InChI is InChI=1S/C24H23F3N4O2/c1-12-9-13(10-18(28)23(12)32)14-7-8-29-11-20(14)31-24(33)19-6-5-17(27)22(30-19)21-15(25)3-2-4-16(21)26/h2-8,11-13,18,23,32H,9-10,28H2,1H3,(H,31,33)/t12-,13+,18?,23-/m1/s1. The molecule has 2 aromatic heterocycles. The quantitative estimate of drug-likeness (QED) is 0.551. The van der Waals surface area contributed by atoms with Crippen molar-refractivity contribution in [2.24, 2.45) is 11.7 Å². The lowest BCUT2D eigenvalue weighted by molar-refractivity contribution is 0.0521. The maximum absolute atomic E-state index is 14.3. The van der Waals surface area contributed by atoms with Crippen LogP contribution in [-0.4, -0.2) is 33.1 Å². The molecule has 0 saturated heterocycles. The predicted octanol–water partition coefficient (Wildman–Crippen LogP) is 4.01. The molecule has 2 heterocycles. The van der Waals surface area contributed by atoms with Crippen LogP contribution >= 0.6 is 0 Å². The van der Waals surface area contributed by atoms with E-state index in [9.17, 15) is 23.1 Å². The molecule has 9 heteroatoms. The molecule has 1 fully saturated rings. The summed E-state index contributed by atoms with van der Waals surface area (Å²) in [6.45, 7) is 1.92. The number of aromatic nitrogens is 2. The number of pyridine rings is 2. The van der Waals surface area contributed by atoms with E-state index < -0.39 is 46.8 Å². The van der Waals surface area contributed by atoms with Gasteiger partial charge in [-0.25, -0.2) is 18.2 Å². The molecular weight excluding hydrogens is 433 g/mol. The molecule has 1 aliphatic rings. The fraction of sp³-hybridized carbons (Fsp3) is 0.292. The molecule has 33 heavy (non-hydrogen) atoms. The average molecular weight is 456 g/mol. The smallest absolute Gasteiger partial charge is 0.274 e. The van der Waals surface area contributed by atoms with Gasteiger partial charge in [0.05, 0.1) is 23.6 Å². The van der Waals surface area contributed by atoms with E-state index in [-0.39, 0.29) is 17.5 Å². The molecule has 1 saturated carbocycles. The summed E-state index contributed by atoms with van der Waals surface area (Å²) in [5.74, 6) is -3.65. The Balaban J connectivity index is 1.63. The molecule has 1 aromatic carbocycles. The molecule has 0 spiro atoms. The van der Waals surface area contributed by atoms with Crippen LogP contribution in [0.25, 0.3) is 11.3 Å². The van der Waals surface area contributed by atoms with E-state index in [4.69, 9.17) is 5.73 Å². The van der Waals surface area contributed by atoms with E-state index in [0.717, 1.165) is 35.9 Å². The normalized spacial score (nSPS) is 22.7. The molecule has 0 bridgehead atoms. The van der Waals surface area contributed by atoms with Crippen LogP contribution in [0.3, 0.4) is 0 Å². The molecule has 0 aliphatic heterocycles. The number of halogens is 3. The monoisotopic (exact) mass is 456 g/mol. The van der Waals surface area contributed by atoms with Crippen molar-refractivity contribution in [3.63, 3.8) is 0 Å². The van der Waals surface area contributed by atoms with Crippen molar-refractivity contribution >= 4 is 11.6 Å². The second kappa shape index (κ2) is 9.29. The first-order valence-electron chi connectivity index (χ1n) is 10.6. The largest absolute Gasteiger partial charge is 0.391 e. The third-order valence-electron chi connectivity index (χ3n) is 6.06. The van der Waals surface area contributed by atoms with Crippen molar-refractivity contribution < 1.29 is 23.1 Å². The Morgan fingerprint density at radius 3 is 2.52 bits per heavy atom. The van der Waals surface area contributed by atoms with E-state index in [1.54, 1.807) is 12.3 Å². The number of aliphatic hydroxyl groups excluding tert-OH is 1. The zero-order valence-electron chi connectivity index (χ0n) is 17.8. The van der Waals surface area contributed by atoms with Crippen LogP contribution < -0.4 is 11.1 Å². The summed E-state index contributed by atoms with van der Waals surface area (Å²) in [7, 11) is 0. The van der Waals surface area contributed by atoms with Crippen LogP contribution in [0.15, 0.2) is 48.8 Å². The van der Waals surface area contributed by atoms with Crippen LogP contribution in [-0.2, 0) is 0 Å². The first kappa shape index (κ1) is 22.9. The number of carbonyl (C=O) groups excluding carboxylic acids is 1. The predicted molar refractivity (Wildman–Crippen MR) is 117 cm³/mol. The van der Waals surface area contributed by atoms with Crippen LogP contribution in [0, 0.1) is 23.4 Å². The van der Waals surface area contributed by atoms with Crippen LogP contribution in [0.2, 0.25) is 0 Å². The Bertz CT molecular complexity index is 1160. The highest BCUT2D eigenvalue weighted by atomic mass is 19.1. The number of hydrogen-bond donors (Lipinski definition) is 3. The van der Waals surface area contributed by atoms with Crippen LogP contribution in [0.1, 0.15) is 41.7 Å². The van der Waals surface area contributed by atoms with Gasteiger partial charge in [-0.1, -0.05) is 13.0 Å². The number of nitrogens with zero attached hydrogens (tertiary/aromatic N) is 2. The number of carbonyl (C=O) groups is 1. The SMILES string of the molecule is C[C@@H]1C[C@H](c2ccncc2NC(=O)c2ccc(F)c(-c3c(F)cccc3F)n2)CC(N)[C@@H]1O. The lowest BCUT2D eigenvalue weighted by Crippen LogP contribution is -2.44. The van der Waals surface area contributed by atoms with E-state index in [1.807, 2.05) is 6.92 Å². The molecule has 172 valence electrons. The second-order valence-electron chi connectivity index (χ2n) is 8.34. The van der Waals surface area contributed by atoms with Crippen molar-refractivity contribution in [1.29, 1.82) is 0 Å². The zero-order valence-corrected chi connectivity index (χ0v) is 17.8. The molecule has 1 amide bonds. The van der Waals surface area contributed by atoms with Gasteiger partial charge < -0.3 is 16.2 Å². The minimum Gasteiger partial charge on any atom is -0.391 e. The maximum atomic E-state index is 14.3. The topological polar surface area (TPSA) is 101 Å². The highest BCUT2D eigenvalue weighted by Crippen LogP contribution is 2.38. The summed E-state index contributed by atoms with van der Waals surface area (Å²) in [5, 5.41) is 12.9. The number of benzene rings is 1. The minimum absolute atomic E-state index is 0.0130. The number of amides is 1. The first-order valence-corrected chi connectivity index (χ1v) is 10.6.